The van der Waals surface area contributed by atoms with Crippen LogP contribution in [0.15, 0.2) is 6.20 Å². The van der Waals surface area contributed by atoms with E-state index in [4.69, 9.17) is 0 Å². The highest BCUT2D eigenvalue weighted by atomic mass is 16.3. The van der Waals surface area contributed by atoms with Gasteiger partial charge in [-0.05, 0) is 25.2 Å². The fraction of sp³-hybridized carbons (Fsp3) is 0.692. The van der Waals surface area contributed by atoms with Gasteiger partial charge in [0.2, 0.25) is 0 Å². The second-order valence-corrected chi connectivity index (χ2v) is 5.19. The molecule has 1 saturated carbocycles. The van der Waals surface area contributed by atoms with Crippen LogP contribution >= 0.6 is 0 Å². The lowest BCUT2D eigenvalue weighted by atomic mass is 9.82. The van der Waals surface area contributed by atoms with Crippen LogP contribution in [0.3, 0.4) is 0 Å². The van der Waals surface area contributed by atoms with Crippen molar-refractivity contribution < 1.29 is 9.90 Å². The van der Waals surface area contributed by atoms with Gasteiger partial charge in [0.1, 0.15) is 0 Å². The van der Waals surface area contributed by atoms with Gasteiger partial charge >= 0.3 is 0 Å². The molecule has 0 bridgehead atoms. The molecule has 1 amide bonds. The molecule has 0 radical (unpaired) electrons. The zero-order valence-electron chi connectivity index (χ0n) is 11.3. The molecule has 0 unspecified atom stereocenters. The molecule has 0 spiro atoms. The molecule has 1 aromatic heterocycles. The maximum atomic E-state index is 12.3. The number of rotatable bonds is 4. The molecule has 2 rings (SSSR count). The molecule has 0 aliphatic heterocycles. The molecule has 0 aromatic carbocycles. The summed E-state index contributed by atoms with van der Waals surface area (Å²) in [6, 6.07) is 0. The van der Waals surface area contributed by atoms with Crippen LogP contribution in [0, 0.1) is 5.92 Å². The van der Waals surface area contributed by atoms with Crippen LogP contribution in [0.25, 0.3) is 0 Å². The zero-order valence-corrected chi connectivity index (χ0v) is 11.3. The Bertz CT molecular complexity index is 435. The summed E-state index contributed by atoms with van der Waals surface area (Å²) in [6.45, 7) is 2.72. The summed E-state index contributed by atoms with van der Waals surface area (Å²) in [5.74, 6) is 0.469. The van der Waals surface area contributed by atoms with Crippen molar-refractivity contribution in [2.75, 3.05) is 13.6 Å². The Morgan fingerprint density at radius 3 is 2.83 bits per heavy atom. The standard InChI is InChI=1S/C13H21N3O2/c1-4-12-11(8-16(3)14-12)13(18)15(2)7-9-5-10(17)6-9/h8-10,17H,4-7H2,1-3H3. The van der Waals surface area contributed by atoms with E-state index < -0.39 is 0 Å². The lowest BCUT2D eigenvalue weighted by Crippen LogP contribution is -2.39. The lowest BCUT2D eigenvalue weighted by Gasteiger charge is -2.34. The third-order valence-corrected chi connectivity index (χ3v) is 3.56. The van der Waals surface area contributed by atoms with Gasteiger partial charge in [0.15, 0.2) is 0 Å². The average Bonchev–Trinajstić information content (AvgIpc) is 2.67. The van der Waals surface area contributed by atoms with Crippen molar-refractivity contribution in [2.45, 2.75) is 32.3 Å². The third kappa shape index (κ3) is 2.56. The van der Waals surface area contributed by atoms with Crippen molar-refractivity contribution in [3.63, 3.8) is 0 Å². The van der Waals surface area contributed by atoms with Crippen molar-refractivity contribution in [3.8, 4) is 0 Å². The molecule has 0 atom stereocenters. The highest BCUT2D eigenvalue weighted by molar-refractivity contribution is 5.95. The third-order valence-electron chi connectivity index (χ3n) is 3.56. The van der Waals surface area contributed by atoms with Crippen molar-refractivity contribution in [1.29, 1.82) is 0 Å². The zero-order chi connectivity index (χ0) is 13.3. The van der Waals surface area contributed by atoms with Crippen molar-refractivity contribution in [1.82, 2.24) is 14.7 Å². The Kier molecular flexibility index (Phi) is 3.71. The minimum absolute atomic E-state index is 0.0290. The van der Waals surface area contributed by atoms with Crippen LogP contribution < -0.4 is 0 Å². The van der Waals surface area contributed by atoms with Gasteiger partial charge in [-0.3, -0.25) is 9.48 Å². The molecule has 0 saturated heterocycles. The largest absolute Gasteiger partial charge is 0.393 e. The Morgan fingerprint density at radius 1 is 1.61 bits per heavy atom. The Labute approximate surface area is 107 Å². The number of aromatic nitrogens is 2. The van der Waals surface area contributed by atoms with E-state index >= 15 is 0 Å². The van der Waals surface area contributed by atoms with Gasteiger partial charge in [0.25, 0.3) is 5.91 Å². The van der Waals surface area contributed by atoms with E-state index in [0.29, 0.717) is 18.0 Å². The fourth-order valence-electron chi connectivity index (χ4n) is 2.50. The Balaban J connectivity index is 2.01. The Hall–Kier alpha value is -1.36. The smallest absolute Gasteiger partial charge is 0.257 e. The van der Waals surface area contributed by atoms with Gasteiger partial charge in [-0.1, -0.05) is 6.92 Å². The van der Waals surface area contributed by atoms with Gasteiger partial charge in [-0.15, -0.1) is 0 Å². The van der Waals surface area contributed by atoms with Gasteiger partial charge in [-0.25, -0.2) is 0 Å². The van der Waals surface area contributed by atoms with Crippen LogP contribution in [0.4, 0.5) is 0 Å². The highest BCUT2D eigenvalue weighted by Crippen LogP contribution is 2.28. The second-order valence-electron chi connectivity index (χ2n) is 5.19. The number of amides is 1. The first-order chi connectivity index (χ1) is 8.51. The van der Waals surface area contributed by atoms with Crippen LogP contribution in [0.2, 0.25) is 0 Å². The van der Waals surface area contributed by atoms with E-state index in [-0.39, 0.29) is 12.0 Å². The minimum atomic E-state index is -0.164. The monoisotopic (exact) mass is 251 g/mol. The van der Waals surface area contributed by atoms with E-state index in [2.05, 4.69) is 5.10 Å². The maximum Gasteiger partial charge on any atom is 0.257 e. The predicted octanol–water partition coefficient (Wildman–Crippen LogP) is 0.825. The molecular weight excluding hydrogens is 230 g/mol. The number of aryl methyl sites for hydroxylation is 2. The van der Waals surface area contributed by atoms with Gasteiger partial charge in [0, 0.05) is 26.8 Å². The van der Waals surface area contributed by atoms with E-state index in [0.717, 1.165) is 25.0 Å². The Morgan fingerprint density at radius 2 is 2.28 bits per heavy atom. The molecule has 1 aliphatic rings. The van der Waals surface area contributed by atoms with Crippen LogP contribution in [0.1, 0.15) is 35.8 Å². The van der Waals surface area contributed by atoms with Gasteiger partial charge in [0.05, 0.1) is 17.4 Å². The van der Waals surface area contributed by atoms with Crippen LogP contribution in [-0.2, 0) is 13.5 Å². The lowest BCUT2D eigenvalue weighted by molar-refractivity contribution is 0.0265. The van der Waals surface area contributed by atoms with Gasteiger partial charge < -0.3 is 10.0 Å². The van der Waals surface area contributed by atoms with E-state index in [9.17, 15) is 9.90 Å². The number of carbonyl (C=O) groups excluding carboxylic acids is 1. The number of aliphatic hydroxyl groups is 1. The minimum Gasteiger partial charge on any atom is -0.393 e. The first-order valence-electron chi connectivity index (χ1n) is 6.47. The number of aliphatic hydroxyl groups excluding tert-OH is 1. The quantitative estimate of drug-likeness (QED) is 0.862. The molecular formula is C13H21N3O2. The first kappa shape index (κ1) is 13.1. The SMILES string of the molecule is CCc1nn(C)cc1C(=O)N(C)CC1CC(O)C1. The van der Waals surface area contributed by atoms with E-state index in [1.54, 1.807) is 15.8 Å². The summed E-state index contributed by atoms with van der Waals surface area (Å²) >= 11 is 0. The fourth-order valence-corrected chi connectivity index (χ4v) is 2.50. The molecule has 100 valence electrons. The summed E-state index contributed by atoms with van der Waals surface area (Å²) in [5.41, 5.74) is 1.55. The second kappa shape index (κ2) is 5.10. The number of hydrogen-bond donors (Lipinski definition) is 1. The molecule has 1 heterocycles. The summed E-state index contributed by atoms with van der Waals surface area (Å²) in [5, 5.41) is 13.5. The maximum absolute atomic E-state index is 12.3. The molecule has 1 N–H and O–H groups in total. The first-order valence-corrected chi connectivity index (χ1v) is 6.47. The molecule has 1 fully saturated rings. The van der Waals surface area contributed by atoms with Gasteiger partial charge in [-0.2, -0.15) is 5.10 Å². The molecule has 1 aliphatic carbocycles. The number of carbonyl (C=O) groups is 1. The van der Waals surface area contributed by atoms with E-state index in [1.165, 1.54) is 0 Å². The normalized spacial score (nSPS) is 22.7. The highest BCUT2D eigenvalue weighted by Gasteiger charge is 2.30. The molecule has 18 heavy (non-hydrogen) atoms. The van der Waals surface area contributed by atoms with Crippen LogP contribution in [0.5, 0.6) is 0 Å². The number of hydrogen-bond acceptors (Lipinski definition) is 3. The summed E-state index contributed by atoms with van der Waals surface area (Å²) in [7, 11) is 3.65. The van der Waals surface area contributed by atoms with Crippen LogP contribution in [-0.4, -0.2) is 45.4 Å². The summed E-state index contributed by atoms with van der Waals surface area (Å²) < 4.78 is 1.69. The molecule has 1 aromatic rings. The summed E-state index contributed by atoms with van der Waals surface area (Å²) in [6.07, 6.45) is 4.00. The molecule has 5 nitrogen and oxygen atoms in total. The average molecular weight is 251 g/mol. The predicted molar refractivity (Wildman–Crippen MR) is 68.3 cm³/mol. The van der Waals surface area contributed by atoms with E-state index in [1.807, 2.05) is 21.0 Å². The summed E-state index contributed by atoms with van der Waals surface area (Å²) in [4.78, 5) is 14.0. The van der Waals surface area contributed by atoms with Crippen molar-refractivity contribution >= 4 is 5.91 Å². The number of nitrogens with zero attached hydrogens (tertiary/aromatic N) is 3. The van der Waals surface area contributed by atoms with Crippen molar-refractivity contribution in [2.24, 2.45) is 13.0 Å². The molecule has 5 heteroatoms. The van der Waals surface area contributed by atoms with Crippen molar-refractivity contribution in [3.05, 3.63) is 17.5 Å². The topological polar surface area (TPSA) is 58.4 Å².